The van der Waals surface area contributed by atoms with Crippen molar-refractivity contribution in [1.82, 2.24) is 5.32 Å². The number of hydrogen-bond acceptors (Lipinski definition) is 3. The van der Waals surface area contributed by atoms with E-state index in [0.717, 1.165) is 25.1 Å². The van der Waals surface area contributed by atoms with E-state index in [0.29, 0.717) is 12.8 Å². The van der Waals surface area contributed by atoms with Gasteiger partial charge in [-0.2, -0.15) is 0 Å². The molecule has 1 aliphatic rings. The Bertz CT molecular complexity index is 597. The van der Waals surface area contributed by atoms with Crippen molar-refractivity contribution in [2.75, 3.05) is 6.54 Å². The molecule has 0 aliphatic carbocycles. The first kappa shape index (κ1) is 19.6. The van der Waals surface area contributed by atoms with Gasteiger partial charge in [-0.05, 0) is 31.2 Å². The van der Waals surface area contributed by atoms with E-state index < -0.39 is 29.1 Å². The van der Waals surface area contributed by atoms with E-state index in [-0.39, 0.29) is 14.7 Å². The van der Waals surface area contributed by atoms with Crippen molar-refractivity contribution in [3.63, 3.8) is 0 Å². The van der Waals surface area contributed by atoms with Crippen molar-refractivity contribution >= 4 is 28.6 Å². The highest BCUT2D eigenvalue weighted by Gasteiger charge is 2.34. The SMILES string of the molecule is CC(C)(I)CC(C)(C)c1c(F)cc(OC(=O)C2CCCN2)cc1F. The average Bonchev–Trinajstić information content (AvgIpc) is 2.87. The minimum atomic E-state index is -0.678. The van der Waals surface area contributed by atoms with Gasteiger partial charge in [0, 0.05) is 21.1 Å². The Hall–Kier alpha value is -0.760. The monoisotopic (exact) mass is 451 g/mol. The molecule has 0 radical (unpaired) electrons. The number of halogens is 3. The molecule has 1 atom stereocenters. The molecule has 3 nitrogen and oxygen atoms in total. The van der Waals surface area contributed by atoms with E-state index in [2.05, 4.69) is 27.9 Å². The summed E-state index contributed by atoms with van der Waals surface area (Å²) >= 11 is 2.28. The lowest BCUT2D eigenvalue weighted by Gasteiger charge is -2.32. The maximum Gasteiger partial charge on any atom is 0.328 e. The predicted octanol–water partition coefficient (Wildman–Crippen LogP) is 4.50. The Morgan fingerprint density at radius 2 is 1.88 bits per heavy atom. The molecule has 1 aliphatic heterocycles. The fraction of sp³-hybridized carbons (Fsp3) is 0.611. The summed E-state index contributed by atoms with van der Waals surface area (Å²) in [6.07, 6.45) is 2.18. The minimum Gasteiger partial charge on any atom is -0.425 e. The third-order valence-corrected chi connectivity index (χ3v) is 4.50. The van der Waals surface area contributed by atoms with Crippen LogP contribution in [0.5, 0.6) is 5.75 Å². The van der Waals surface area contributed by atoms with E-state index in [4.69, 9.17) is 4.74 Å². The van der Waals surface area contributed by atoms with Gasteiger partial charge in [-0.15, -0.1) is 0 Å². The summed E-state index contributed by atoms with van der Waals surface area (Å²) in [6.45, 7) is 8.44. The number of carbonyl (C=O) groups is 1. The molecule has 0 spiro atoms. The van der Waals surface area contributed by atoms with Crippen LogP contribution in [0.15, 0.2) is 12.1 Å². The van der Waals surface area contributed by atoms with Crippen LogP contribution in [0.2, 0.25) is 0 Å². The summed E-state index contributed by atoms with van der Waals surface area (Å²) in [5.74, 6) is -1.94. The quantitative estimate of drug-likeness (QED) is 0.310. The fourth-order valence-electron chi connectivity index (χ4n) is 3.47. The van der Waals surface area contributed by atoms with Crippen molar-refractivity contribution in [1.29, 1.82) is 0 Å². The van der Waals surface area contributed by atoms with Crippen molar-refractivity contribution < 1.29 is 18.3 Å². The molecule has 134 valence electrons. The molecule has 1 fully saturated rings. The van der Waals surface area contributed by atoms with E-state index in [1.165, 1.54) is 0 Å². The molecule has 0 saturated carbocycles. The number of alkyl halides is 1. The lowest BCUT2D eigenvalue weighted by Crippen LogP contribution is -2.34. The van der Waals surface area contributed by atoms with Crippen molar-refractivity contribution in [2.24, 2.45) is 0 Å². The van der Waals surface area contributed by atoms with E-state index >= 15 is 0 Å². The molecule has 24 heavy (non-hydrogen) atoms. The van der Waals surface area contributed by atoms with E-state index in [1.54, 1.807) is 0 Å². The smallest absolute Gasteiger partial charge is 0.328 e. The Morgan fingerprint density at radius 1 is 1.29 bits per heavy atom. The molecule has 0 aromatic heterocycles. The second-order valence-electron chi connectivity index (χ2n) is 7.61. The molecule has 1 unspecified atom stereocenters. The Morgan fingerprint density at radius 3 is 2.33 bits per heavy atom. The molecular formula is C18H24F2INO2. The molecular weight excluding hydrogens is 427 g/mol. The van der Waals surface area contributed by atoms with Gasteiger partial charge in [0.25, 0.3) is 0 Å². The molecule has 1 heterocycles. The first-order valence-electron chi connectivity index (χ1n) is 8.13. The number of ether oxygens (including phenoxy) is 1. The van der Waals surface area contributed by atoms with Crippen LogP contribution in [-0.4, -0.2) is 22.0 Å². The summed E-state index contributed by atoms with van der Waals surface area (Å²) in [4.78, 5) is 12.0. The second-order valence-corrected chi connectivity index (χ2v) is 10.5. The molecule has 0 amide bonds. The minimum absolute atomic E-state index is 0.0334. The Labute approximate surface area is 155 Å². The molecule has 1 aromatic carbocycles. The largest absolute Gasteiger partial charge is 0.425 e. The summed E-state index contributed by atoms with van der Waals surface area (Å²) in [7, 11) is 0. The number of carbonyl (C=O) groups excluding carboxylic acids is 1. The molecule has 1 saturated heterocycles. The van der Waals surface area contributed by atoms with Crippen LogP contribution in [0.4, 0.5) is 8.78 Å². The predicted molar refractivity (Wildman–Crippen MR) is 98.8 cm³/mol. The van der Waals surface area contributed by atoms with Crippen molar-refractivity contribution in [2.45, 2.75) is 61.8 Å². The third kappa shape index (κ3) is 4.88. The maximum absolute atomic E-state index is 14.6. The second kappa shape index (κ2) is 7.23. The molecule has 0 bridgehead atoms. The topological polar surface area (TPSA) is 38.3 Å². The van der Waals surface area contributed by atoms with Gasteiger partial charge in [-0.1, -0.05) is 50.3 Å². The van der Waals surface area contributed by atoms with Crippen LogP contribution in [0, 0.1) is 11.6 Å². The third-order valence-electron chi connectivity index (χ3n) is 4.12. The van der Waals surface area contributed by atoms with Crippen molar-refractivity contribution in [3.05, 3.63) is 29.3 Å². The van der Waals surface area contributed by atoms with Gasteiger partial charge in [-0.3, -0.25) is 0 Å². The molecule has 6 heteroatoms. The van der Waals surface area contributed by atoms with Crippen molar-refractivity contribution in [3.8, 4) is 5.75 Å². The standard InChI is InChI=1S/C18H24F2INO2/c1-17(2,10-18(3,4)21)15-12(19)8-11(9-13(15)20)24-16(23)14-6-5-7-22-14/h8-9,14,22H,5-7,10H2,1-4H3. The zero-order valence-corrected chi connectivity index (χ0v) is 16.7. The van der Waals surface area contributed by atoms with Gasteiger partial charge >= 0.3 is 5.97 Å². The number of nitrogens with one attached hydrogen (secondary N) is 1. The summed E-state index contributed by atoms with van der Waals surface area (Å²) in [5, 5.41) is 3.00. The number of esters is 1. The summed E-state index contributed by atoms with van der Waals surface area (Å²) in [6, 6.07) is 1.81. The van der Waals surface area contributed by atoms with Gasteiger partial charge < -0.3 is 10.1 Å². The van der Waals surface area contributed by atoms with Gasteiger partial charge in [0.1, 0.15) is 23.4 Å². The fourth-order valence-corrected chi connectivity index (χ4v) is 4.42. The van der Waals surface area contributed by atoms with Crippen LogP contribution in [0.25, 0.3) is 0 Å². The first-order valence-corrected chi connectivity index (χ1v) is 9.21. The summed E-state index contributed by atoms with van der Waals surface area (Å²) < 4.78 is 34.2. The summed E-state index contributed by atoms with van der Waals surface area (Å²) in [5.41, 5.74) is -0.639. The van der Waals surface area contributed by atoms with E-state index in [1.807, 2.05) is 27.7 Å². The number of hydrogen-bond donors (Lipinski definition) is 1. The van der Waals surface area contributed by atoms with Crippen LogP contribution in [0.3, 0.4) is 0 Å². The average molecular weight is 451 g/mol. The van der Waals surface area contributed by atoms with Crippen LogP contribution >= 0.6 is 22.6 Å². The van der Waals surface area contributed by atoms with Crippen LogP contribution in [0.1, 0.15) is 52.5 Å². The molecule has 1 N–H and O–H groups in total. The van der Waals surface area contributed by atoms with Gasteiger partial charge in [0.05, 0.1) is 0 Å². The Balaban J connectivity index is 2.23. The van der Waals surface area contributed by atoms with Gasteiger partial charge in [0.2, 0.25) is 0 Å². The van der Waals surface area contributed by atoms with Crippen LogP contribution in [-0.2, 0) is 10.2 Å². The van der Waals surface area contributed by atoms with E-state index in [9.17, 15) is 13.6 Å². The van der Waals surface area contributed by atoms with Crippen LogP contribution < -0.4 is 10.1 Å². The normalized spacial score (nSPS) is 18.7. The van der Waals surface area contributed by atoms with Gasteiger partial charge in [-0.25, -0.2) is 13.6 Å². The lowest BCUT2D eigenvalue weighted by molar-refractivity contribution is -0.136. The first-order chi connectivity index (χ1) is 11.0. The zero-order valence-electron chi connectivity index (χ0n) is 14.5. The zero-order chi connectivity index (χ0) is 18.1. The lowest BCUT2D eigenvalue weighted by atomic mass is 9.77. The molecule has 2 rings (SSSR count). The highest BCUT2D eigenvalue weighted by atomic mass is 127. The Kier molecular flexibility index (Phi) is 5.90. The highest BCUT2D eigenvalue weighted by Crippen LogP contribution is 2.39. The number of benzene rings is 1. The van der Waals surface area contributed by atoms with Gasteiger partial charge in [0.15, 0.2) is 0 Å². The highest BCUT2D eigenvalue weighted by molar-refractivity contribution is 14.1. The molecule has 1 aromatic rings. The maximum atomic E-state index is 14.6. The number of rotatable bonds is 5.